The van der Waals surface area contributed by atoms with Crippen LogP contribution >= 0.6 is 11.3 Å². The topological polar surface area (TPSA) is 167 Å². The van der Waals surface area contributed by atoms with Crippen LogP contribution in [0.15, 0.2) is 54.7 Å². The molecule has 5 heterocycles. The van der Waals surface area contributed by atoms with E-state index >= 15 is 0 Å². The quantitative estimate of drug-likeness (QED) is 0.201. The first-order valence-electron chi connectivity index (χ1n) is 16.0. The van der Waals surface area contributed by atoms with Crippen LogP contribution in [0, 0.1) is 11.3 Å². The second-order valence-corrected chi connectivity index (χ2v) is 12.8. The molecule has 0 unspecified atom stereocenters. The molecule has 7 rings (SSSR count). The van der Waals surface area contributed by atoms with Gasteiger partial charge in [0.1, 0.15) is 41.6 Å². The van der Waals surface area contributed by atoms with E-state index in [2.05, 4.69) is 46.8 Å². The molecule has 248 valence electrons. The zero-order valence-electron chi connectivity index (χ0n) is 26.6. The lowest BCUT2D eigenvalue weighted by Crippen LogP contribution is -2.45. The number of thiazole rings is 1. The zero-order chi connectivity index (χ0) is 32.7. The molecule has 1 N–H and O–H groups in total. The Bertz CT molecular complexity index is 1790. The van der Waals surface area contributed by atoms with Crippen LogP contribution in [-0.4, -0.2) is 88.3 Å². The van der Waals surface area contributed by atoms with Crippen molar-refractivity contribution in [1.29, 1.82) is 5.26 Å². The Kier molecular flexibility index (Phi) is 9.77. The van der Waals surface area contributed by atoms with Crippen molar-refractivity contribution in [2.24, 2.45) is 0 Å². The van der Waals surface area contributed by atoms with Gasteiger partial charge in [0, 0.05) is 48.7 Å². The number of anilines is 2. The number of benzene rings is 1. The van der Waals surface area contributed by atoms with Crippen LogP contribution in [0.1, 0.15) is 49.2 Å². The third-order valence-corrected chi connectivity index (χ3v) is 9.37. The largest absolute Gasteiger partial charge is 0.487 e. The third-order valence-electron chi connectivity index (χ3n) is 8.61. The first-order chi connectivity index (χ1) is 23.6. The van der Waals surface area contributed by atoms with Crippen LogP contribution in [0.3, 0.4) is 0 Å². The van der Waals surface area contributed by atoms with Gasteiger partial charge in [0.15, 0.2) is 0 Å². The molecule has 1 atom stereocenters. The predicted octanol–water partition coefficient (Wildman–Crippen LogP) is 4.26. The molecular weight excluding hydrogens is 633 g/mol. The lowest BCUT2D eigenvalue weighted by atomic mass is 9.90. The molecular formula is C32H36N12O3S. The summed E-state index contributed by atoms with van der Waals surface area (Å²) in [5.74, 6) is 1.36. The van der Waals surface area contributed by atoms with Crippen LogP contribution in [0.25, 0.3) is 11.1 Å². The van der Waals surface area contributed by atoms with Gasteiger partial charge in [0.05, 0.1) is 37.6 Å². The van der Waals surface area contributed by atoms with Crippen molar-refractivity contribution in [3.63, 3.8) is 0 Å². The van der Waals surface area contributed by atoms with E-state index in [1.54, 1.807) is 40.7 Å². The number of tetrazole rings is 1. The summed E-state index contributed by atoms with van der Waals surface area (Å²) in [6.07, 6.45) is 12.8. The molecule has 1 aliphatic carbocycles. The Hall–Kier alpha value is -4.98. The molecule has 0 bridgehead atoms. The molecule has 1 saturated heterocycles. The van der Waals surface area contributed by atoms with Crippen LogP contribution in [0.4, 0.5) is 11.6 Å². The minimum absolute atomic E-state index is 0.272. The van der Waals surface area contributed by atoms with E-state index in [0.29, 0.717) is 48.0 Å². The number of morpholine rings is 1. The van der Waals surface area contributed by atoms with Crippen LogP contribution in [-0.2, 0) is 17.9 Å². The van der Waals surface area contributed by atoms with E-state index in [-0.39, 0.29) is 12.1 Å². The highest BCUT2D eigenvalue weighted by Crippen LogP contribution is 2.35. The Labute approximate surface area is 281 Å². The van der Waals surface area contributed by atoms with Gasteiger partial charge in [-0.15, -0.1) is 21.5 Å². The van der Waals surface area contributed by atoms with Crippen molar-refractivity contribution in [1.82, 2.24) is 49.8 Å². The Balaban J connectivity index is 1.05. The second-order valence-electron chi connectivity index (χ2n) is 11.9. The molecule has 15 nitrogen and oxygen atoms in total. The molecule has 0 spiro atoms. The number of hydrogen-bond acceptors (Lipinski definition) is 14. The SMILES string of the molecule is C[C@@H](Cn1cnnn1)Oc1cc(-c2cnc(Nc3cn(C4CCC(N5CCOCC5)CC4)nc3OCc3nccs3)nc2)ccc1C#N. The zero-order valence-corrected chi connectivity index (χ0v) is 27.4. The minimum Gasteiger partial charge on any atom is -0.487 e. The summed E-state index contributed by atoms with van der Waals surface area (Å²) in [6.45, 7) is 6.33. The molecule has 1 aliphatic heterocycles. The number of hydrogen-bond donors (Lipinski definition) is 1. The van der Waals surface area contributed by atoms with Gasteiger partial charge in [-0.3, -0.25) is 9.58 Å². The summed E-state index contributed by atoms with van der Waals surface area (Å²) in [5.41, 5.74) is 2.72. The maximum Gasteiger partial charge on any atom is 0.257 e. The molecule has 16 heteroatoms. The number of nitrogens with zero attached hydrogens (tertiary/aromatic N) is 11. The van der Waals surface area contributed by atoms with Crippen LogP contribution < -0.4 is 14.8 Å². The fourth-order valence-corrected chi connectivity index (χ4v) is 6.70. The minimum atomic E-state index is -0.272. The summed E-state index contributed by atoms with van der Waals surface area (Å²) < 4.78 is 21.4. The Morgan fingerprint density at radius 2 is 1.90 bits per heavy atom. The molecule has 5 aromatic rings. The molecule has 2 aliphatic rings. The van der Waals surface area contributed by atoms with Gasteiger partial charge < -0.3 is 19.5 Å². The van der Waals surface area contributed by atoms with E-state index in [1.165, 1.54) is 6.33 Å². The number of ether oxygens (including phenoxy) is 3. The third kappa shape index (κ3) is 7.59. The number of nitrogens with one attached hydrogen (secondary N) is 1. The highest BCUT2D eigenvalue weighted by molar-refractivity contribution is 7.09. The van der Waals surface area contributed by atoms with E-state index in [1.807, 2.05) is 35.3 Å². The fourth-order valence-electron chi connectivity index (χ4n) is 6.17. The van der Waals surface area contributed by atoms with Gasteiger partial charge >= 0.3 is 0 Å². The van der Waals surface area contributed by atoms with Gasteiger partial charge in [-0.1, -0.05) is 6.07 Å². The van der Waals surface area contributed by atoms with Crippen molar-refractivity contribution in [2.45, 2.75) is 63.9 Å². The predicted molar refractivity (Wildman–Crippen MR) is 176 cm³/mol. The number of aromatic nitrogens is 9. The average Bonchev–Trinajstić information content (AvgIpc) is 3.92. The van der Waals surface area contributed by atoms with Crippen molar-refractivity contribution >= 4 is 23.0 Å². The Morgan fingerprint density at radius 1 is 1.08 bits per heavy atom. The standard InChI is InChI=1S/C32H36N12O3S/c1-22(18-43-21-37-40-41-43)47-29-14-23(2-3-24(29)15-33)25-16-35-32(36-17-25)38-28-19-44(39-31(28)46-20-30-34-8-13-48-30)27-6-4-26(5-7-27)42-9-11-45-12-10-42/h2-3,8,13-14,16-17,19,21-22,26-27H,4-7,9-12,18,20H2,1H3,(H,35,36,38)/t22-,26?,27?/m0/s1. The summed E-state index contributed by atoms with van der Waals surface area (Å²) >= 11 is 1.54. The fraction of sp³-hybridized carbons (Fsp3) is 0.438. The molecule has 1 saturated carbocycles. The van der Waals surface area contributed by atoms with Crippen molar-refractivity contribution in [2.75, 3.05) is 31.6 Å². The van der Waals surface area contributed by atoms with E-state index in [0.717, 1.165) is 68.1 Å². The van der Waals surface area contributed by atoms with Crippen LogP contribution in [0.5, 0.6) is 11.6 Å². The lowest BCUT2D eigenvalue weighted by Gasteiger charge is -2.38. The summed E-state index contributed by atoms with van der Waals surface area (Å²) in [7, 11) is 0. The van der Waals surface area contributed by atoms with Gasteiger partial charge in [-0.25, -0.2) is 19.6 Å². The lowest BCUT2D eigenvalue weighted by molar-refractivity contribution is 0.00502. The molecule has 0 amide bonds. The van der Waals surface area contributed by atoms with Crippen molar-refractivity contribution in [3.8, 4) is 28.8 Å². The normalized spacial score (nSPS) is 19.0. The molecule has 1 aromatic carbocycles. The number of rotatable bonds is 12. The molecule has 48 heavy (non-hydrogen) atoms. The first kappa shape index (κ1) is 31.6. The van der Waals surface area contributed by atoms with E-state index in [9.17, 15) is 5.26 Å². The molecule has 0 radical (unpaired) electrons. The summed E-state index contributed by atoms with van der Waals surface area (Å²) in [6, 6.07) is 8.49. The van der Waals surface area contributed by atoms with Crippen molar-refractivity contribution < 1.29 is 14.2 Å². The molecule has 2 fully saturated rings. The van der Waals surface area contributed by atoms with E-state index in [4.69, 9.17) is 19.3 Å². The van der Waals surface area contributed by atoms with E-state index < -0.39 is 0 Å². The maximum absolute atomic E-state index is 9.66. The van der Waals surface area contributed by atoms with Gasteiger partial charge in [0.2, 0.25) is 5.95 Å². The average molecular weight is 669 g/mol. The smallest absolute Gasteiger partial charge is 0.257 e. The van der Waals surface area contributed by atoms with Gasteiger partial charge in [-0.05, 0) is 60.7 Å². The number of nitriles is 1. The highest BCUT2D eigenvalue weighted by Gasteiger charge is 2.29. The monoisotopic (exact) mass is 668 g/mol. The Morgan fingerprint density at radius 3 is 2.62 bits per heavy atom. The summed E-state index contributed by atoms with van der Waals surface area (Å²) in [4.78, 5) is 16.1. The molecule has 4 aromatic heterocycles. The van der Waals surface area contributed by atoms with Gasteiger partial charge in [-0.2, -0.15) is 5.26 Å². The second kappa shape index (κ2) is 14.8. The van der Waals surface area contributed by atoms with Crippen molar-refractivity contribution in [3.05, 3.63) is 65.3 Å². The highest BCUT2D eigenvalue weighted by atomic mass is 32.1. The van der Waals surface area contributed by atoms with Crippen LogP contribution in [0.2, 0.25) is 0 Å². The summed E-state index contributed by atoms with van der Waals surface area (Å²) in [5, 5.41) is 31.9. The maximum atomic E-state index is 9.66. The first-order valence-corrected chi connectivity index (χ1v) is 16.9. The van der Waals surface area contributed by atoms with Gasteiger partial charge in [0.25, 0.3) is 5.88 Å².